The van der Waals surface area contributed by atoms with Gasteiger partial charge in [0.25, 0.3) is 0 Å². The zero-order valence-electron chi connectivity index (χ0n) is 10.1. The molecule has 1 aromatic rings. The van der Waals surface area contributed by atoms with Crippen molar-refractivity contribution >= 4 is 11.6 Å². The van der Waals surface area contributed by atoms with Gasteiger partial charge in [-0.05, 0) is 25.3 Å². The molecule has 0 amide bonds. The van der Waals surface area contributed by atoms with Crippen molar-refractivity contribution in [3.8, 4) is 0 Å². The van der Waals surface area contributed by atoms with Crippen LogP contribution in [0.2, 0.25) is 5.02 Å². The molecule has 3 heteroatoms. The van der Waals surface area contributed by atoms with Crippen LogP contribution in [0.25, 0.3) is 0 Å². The van der Waals surface area contributed by atoms with Gasteiger partial charge in [-0.3, -0.25) is 0 Å². The summed E-state index contributed by atoms with van der Waals surface area (Å²) in [6.45, 7) is 7.00. The molecule has 0 radical (unpaired) electrons. The third-order valence-corrected chi connectivity index (χ3v) is 2.79. The highest BCUT2D eigenvalue weighted by atomic mass is 35.5. The van der Waals surface area contributed by atoms with Gasteiger partial charge >= 0.3 is 0 Å². The molecular formula is C13H19ClFN. The maximum absolute atomic E-state index is 13.5. The van der Waals surface area contributed by atoms with Crippen LogP contribution in [0.15, 0.2) is 18.2 Å². The van der Waals surface area contributed by atoms with E-state index in [0.29, 0.717) is 24.1 Å². The predicted molar refractivity (Wildman–Crippen MR) is 67.2 cm³/mol. The van der Waals surface area contributed by atoms with Crippen LogP contribution in [0.4, 0.5) is 4.39 Å². The van der Waals surface area contributed by atoms with Crippen molar-refractivity contribution in [3.63, 3.8) is 0 Å². The Morgan fingerprint density at radius 1 is 1.31 bits per heavy atom. The van der Waals surface area contributed by atoms with Crippen molar-refractivity contribution in [1.29, 1.82) is 0 Å². The Hall–Kier alpha value is -0.600. The lowest BCUT2D eigenvalue weighted by molar-refractivity contribution is 0.437. The van der Waals surface area contributed by atoms with Crippen LogP contribution in [0.3, 0.4) is 0 Å². The molecule has 90 valence electrons. The lowest BCUT2D eigenvalue weighted by Gasteiger charge is -2.16. The van der Waals surface area contributed by atoms with Crippen LogP contribution in [0, 0.1) is 11.7 Å². The molecule has 1 nitrogen and oxygen atoms in total. The summed E-state index contributed by atoms with van der Waals surface area (Å²) in [5, 5.41) is 3.49. The molecule has 16 heavy (non-hydrogen) atoms. The van der Waals surface area contributed by atoms with Crippen molar-refractivity contribution in [1.82, 2.24) is 5.32 Å². The van der Waals surface area contributed by atoms with Gasteiger partial charge in [-0.25, -0.2) is 4.39 Å². The summed E-state index contributed by atoms with van der Waals surface area (Å²) in [5.74, 6) is 0.333. The fraction of sp³-hybridized carbons (Fsp3) is 0.538. The summed E-state index contributed by atoms with van der Waals surface area (Å²) in [4.78, 5) is 0. The molecule has 1 aromatic carbocycles. The molecule has 0 aliphatic carbocycles. The monoisotopic (exact) mass is 243 g/mol. The molecule has 1 rings (SSSR count). The lowest BCUT2D eigenvalue weighted by Crippen LogP contribution is -2.27. The van der Waals surface area contributed by atoms with Crippen molar-refractivity contribution in [2.75, 3.05) is 0 Å². The number of hydrogen-bond donors (Lipinski definition) is 1. The fourth-order valence-corrected chi connectivity index (χ4v) is 1.95. The molecule has 0 aromatic heterocycles. The molecule has 1 unspecified atom stereocenters. The van der Waals surface area contributed by atoms with E-state index in [-0.39, 0.29) is 10.8 Å². The molecular weight excluding hydrogens is 225 g/mol. The van der Waals surface area contributed by atoms with Gasteiger partial charge in [0, 0.05) is 18.2 Å². The smallest absolute Gasteiger partial charge is 0.146 e. The Morgan fingerprint density at radius 3 is 2.62 bits per heavy atom. The van der Waals surface area contributed by atoms with E-state index in [9.17, 15) is 4.39 Å². The second-order valence-electron chi connectivity index (χ2n) is 4.62. The van der Waals surface area contributed by atoms with Crippen LogP contribution in [-0.4, -0.2) is 6.04 Å². The number of nitrogens with one attached hydrogen (secondary N) is 1. The second kappa shape index (κ2) is 6.21. The highest BCUT2D eigenvalue weighted by Crippen LogP contribution is 2.17. The Kier molecular flexibility index (Phi) is 5.23. The largest absolute Gasteiger partial charge is 0.310 e. The standard InChI is InChI=1S/C13H19ClFN/c1-9(2)7-10(3)16-8-11-5-4-6-12(14)13(11)15/h4-6,9-10,16H,7-8H2,1-3H3. The summed E-state index contributed by atoms with van der Waals surface area (Å²) in [7, 11) is 0. The Balaban J connectivity index is 2.51. The molecule has 1 N–H and O–H groups in total. The SMILES string of the molecule is CC(C)CC(C)NCc1cccc(Cl)c1F. The Labute approximate surface area is 102 Å². The van der Waals surface area contributed by atoms with Crippen molar-refractivity contribution < 1.29 is 4.39 Å². The zero-order valence-corrected chi connectivity index (χ0v) is 10.8. The summed E-state index contributed by atoms with van der Waals surface area (Å²) in [5.41, 5.74) is 0.628. The van der Waals surface area contributed by atoms with Crippen molar-refractivity contribution in [2.45, 2.75) is 39.8 Å². The fourth-order valence-electron chi connectivity index (χ4n) is 1.76. The summed E-state index contributed by atoms with van der Waals surface area (Å²) in [6, 6.07) is 5.49. The van der Waals surface area contributed by atoms with Crippen molar-refractivity contribution in [2.24, 2.45) is 5.92 Å². The van der Waals surface area contributed by atoms with Gasteiger partial charge in [-0.1, -0.05) is 37.6 Å². The van der Waals surface area contributed by atoms with E-state index >= 15 is 0 Å². The minimum atomic E-state index is -0.312. The first-order chi connectivity index (χ1) is 7.50. The Bertz CT molecular complexity index is 339. The van der Waals surface area contributed by atoms with Gasteiger partial charge in [-0.15, -0.1) is 0 Å². The molecule has 0 saturated heterocycles. The topological polar surface area (TPSA) is 12.0 Å². The molecule has 0 heterocycles. The summed E-state index contributed by atoms with van der Waals surface area (Å²) < 4.78 is 13.5. The number of halogens is 2. The molecule has 0 fully saturated rings. The maximum atomic E-state index is 13.5. The number of rotatable bonds is 5. The predicted octanol–water partition coefficient (Wildman–Crippen LogP) is 4.00. The van der Waals surface area contributed by atoms with Gasteiger partial charge in [0.15, 0.2) is 0 Å². The van der Waals surface area contributed by atoms with Gasteiger partial charge < -0.3 is 5.32 Å². The van der Waals surface area contributed by atoms with Gasteiger partial charge in [0.2, 0.25) is 0 Å². The Morgan fingerprint density at radius 2 is 2.00 bits per heavy atom. The minimum absolute atomic E-state index is 0.191. The normalized spacial score (nSPS) is 13.1. The molecule has 0 saturated carbocycles. The van der Waals surface area contributed by atoms with E-state index < -0.39 is 0 Å². The van der Waals surface area contributed by atoms with Crippen LogP contribution >= 0.6 is 11.6 Å². The molecule has 0 aliphatic heterocycles. The first kappa shape index (κ1) is 13.5. The first-order valence-electron chi connectivity index (χ1n) is 5.67. The number of benzene rings is 1. The van der Waals surface area contributed by atoms with Crippen molar-refractivity contribution in [3.05, 3.63) is 34.6 Å². The van der Waals surface area contributed by atoms with E-state index in [1.807, 2.05) is 0 Å². The minimum Gasteiger partial charge on any atom is -0.310 e. The van der Waals surface area contributed by atoms with Gasteiger partial charge in [0.05, 0.1) is 5.02 Å². The molecule has 1 atom stereocenters. The lowest BCUT2D eigenvalue weighted by atomic mass is 10.0. The van der Waals surface area contributed by atoms with Crippen LogP contribution < -0.4 is 5.32 Å². The van der Waals surface area contributed by atoms with E-state index in [2.05, 4.69) is 26.1 Å². The van der Waals surface area contributed by atoms with Gasteiger partial charge in [0.1, 0.15) is 5.82 Å². The quantitative estimate of drug-likeness (QED) is 0.824. The molecule has 0 spiro atoms. The molecule has 0 bridgehead atoms. The third kappa shape index (κ3) is 4.11. The van der Waals surface area contributed by atoms with E-state index in [1.165, 1.54) is 0 Å². The average Bonchev–Trinajstić information content (AvgIpc) is 2.19. The highest BCUT2D eigenvalue weighted by molar-refractivity contribution is 6.30. The molecule has 0 aliphatic rings. The maximum Gasteiger partial charge on any atom is 0.146 e. The number of hydrogen-bond acceptors (Lipinski definition) is 1. The van der Waals surface area contributed by atoms with Crippen LogP contribution in [-0.2, 0) is 6.54 Å². The highest BCUT2D eigenvalue weighted by Gasteiger charge is 2.08. The summed E-state index contributed by atoms with van der Waals surface area (Å²) >= 11 is 5.71. The zero-order chi connectivity index (χ0) is 12.1. The van der Waals surface area contributed by atoms with Gasteiger partial charge in [-0.2, -0.15) is 0 Å². The second-order valence-corrected chi connectivity index (χ2v) is 5.03. The first-order valence-corrected chi connectivity index (χ1v) is 6.04. The van der Waals surface area contributed by atoms with E-state index in [4.69, 9.17) is 11.6 Å². The third-order valence-electron chi connectivity index (χ3n) is 2.50. The van der Waals surface area contributed by atoms with Crippen LogP contribution in [0.1, 0.15) is 32.8 Å². The van der Waals surface area contributed by atoms with E-state index in [1.54, 1.807) is 18.2 Å². The van der Waals surface area contributed by atoms with E-state index in [0.717, 1.165) is 6.42 Å². The average molecular weight is 244 g/mol. The van der Waals surface area contributed by atoms with Crippen LogP contribution in [0.5, 0.6) is 0 Å². The summed E-state index contributed by atoms with van der Waals surface area (Å²) in [6.07, 6.45) is 1.09.